The monoisotopic (exact) mass is 397 g/mol. The van der Waals surface area contributed by atoms with Crippen LogP contribution in [-0.4, -0.2) is 47.0 Å². The van der Waals surface area contributed by atoms with E-state index in [9.17, 15) is 19.3 Å². The fourth-order valence-electron chi connectivity index (χ4n) is 3.69. The molecule has 29 heavy (non-hydrogen) atoms. The van der Waals surface area contributed by atoms with Gasteiger partial charge in [-0.3, -0.25) is 14.9 Å². The Kier molecular flexibility index (Phi) is 5.26. The van der Waals surface area contributed by atoms with Crippen molar-refractivity contribution < 1.29 is 18.8 Å². The predicted octanol–water partition coefficient (Wildman–Crippen LogP) is 3.34. The molecule has 1 amide bonds. The number of nitrogens with one attached hydrogen (secondary N) is 1. The Morgan fingerprint density at radius 1 is 1.24 bits per heavy atom. The molecule has 0 saturated carbocycles. The molecule has 1 aliphatic rings. The molecule has 1 unspecified atom stereocenters. The molecule has 3 aromatic rings. The number of ether oxygens (including phenoxy) is 1. The van der Waals surface area contributed by atoms with E-state index in [-0.39, 0.29) is 17.9 Å². The molecular weight excluding hydrogens is 377 g/mol. The van der Waals surface area contributed by atoms with Gasteiger partial charge in [0.25, 0.3) is 5.91 Å². The highest BCUT2D eigenvalue weighted by Gasteiger charge is 2.27. The van der Waals surface area contributed by atoms with Crippen molar-refractivity contribution in [2.45, 2.75) is 12.5 Å². The fraction of sp³-hybridized carbons (Fsp3) is 0.286. The van der Waals surface area contributed by atoms with Crippen LogP contribution in [0.5, 0.6) is 0 Å². The molecule has 0 spiro atoms. The van der Waals surface area contributed by atoms with E-state index in [4.69, 9.17) is 4.74 Å². The van der Waals surface area contributed by atoms with Gasteiger partial charge in [0.05, 0.1) is 18.8 Å². The number of halogens is 1. The van der Waals surface area contributed by atoms with Crippen LogP contribution in [0.15, 0.2) is 48.7 Å². The molecule has 4 rings (SSSR count). The molecule has 0 aliphatic carbocycles. The summed E-state index contributed by atoms with van der Waals surface area (Å²) in [4.78, 5) is 28.6. The van der Waals surface area contributed by atoms with Crippen LogP contribution in [0, 0.1) is 15.9 Å². The largest absolute Gasteiger partial charge is 0.378 e. The standard InChI is InChI=1S/C21H20FN3O4/c22-18-4-2-1-3-17(18)20(25(27)28)12-15-13-23-19-11-14(5-6-16(15)19)21(26)24-7-9-29-10-8-24/h1-6,11,13,20,23H,7-10,12H2. The Labute approximate surface area is 166 Å². The van der Waals surface area contributed by atoms with Crippen LogP contribution in [0.1, 0.15) is 27.5 Å². The third kappa shape index (κ3) is 3.84. The summed E-state index contributed by atoms with van der Waals surface area (Å²) in [6, 6.07) is 9.84. The van der Waals surface area contributed by atoms with Gasteiger partial charge in [-0.15, -0.1) is 0 Å². The SMILES string of the molecule is O=C(c1ccc2c(CC(c3ccccc3F)[N+](=O)[O-])c[nH]c2c1)N1CCOCC1. The Bertz CT molecular complexity index is 1060. The highest BCUT2D eigenvalue weighted by atomic mass is 19.1. The number of benzene rings is 2. The van der Waals surface area contributed by atoms with E-state index < -0.39 is 16.8 Å². The lowest BCUT2D eigenvalue weighted by atomic mass is 9.98. The number of H-pyrrole nitrogens is 1. The minimum Gasteiger partial charge on any atom is -0.378 e. The van der Waals surface area contributed by atoms with E-state index in [1.54, 1.807) is 35.4 Å². The minimum atomic E-state index is -1.19. The van der Waals surface area contributed by atoms with Gasteiger partial charge in [-0.2, -0.15) is 0 Å². The summed E-state index contributed by atoms with van der Waals surface area (Å²) in [6.07, 6.45) is 1.73. The van der Waals surface area contributed by atoms with Gasteiger partial charge in [0.15, 0.2) is 0 Å². The first kappa shape index (κ1) is 19.1. The summed E-state index contributed by atoms with van der Waals surface area (Å²) >= 11 is 0. The fourth-order valence-corrected chi connectivity index (χ4v) is 3.69. The number of fused-ring (bicyclic) bond motifs is 1. The normalized spacial score (nSPS) is 15.4. The zero-order valence-electron chi connectivity index (χ0n) is 15.6. The maximum Gasteiger partial charge on any atom is 0.254 e. The first-order chi connectivity index (χ1) is 14.0. The summed E-state index contributed by atoms with van der Waals surface area (Å²) in [5.41, 5.74) is 2.03. The maximum atomic E-state index is 14.1. The Balaban J connectivity index is 1.61. The van der Waals surface area contributed by atoms with E-state index in [0.717, 1.165) is 10.9 Å². The van der Waals surface area contributed by atoms with E-state index in [0.29, 0.717) is 37.4 Å². The van der Waals surface area contributed by atoms with Crippen LogP contribution in [0.25, 0.3) is 10.9 Å². The first-order valence-corrected chi connectivity index (χ1v) is 9.39. The number of hydrogen-bond acceptors (Lipinski definition) is 4. The zero-order valence-corrected chi connectivity index (χ0v) is 15.6. The van der Waals surface area contributed by atoms with Gasteiger partial charge in [-0.25, -0.2) is 4.39 Å². The van der Waals surface area contributed by atoms with Crippen molar-refractivity contribution in [1.29, 1.82) is 0 Å². The number of nitro groups is 1. The van der Waals surface area contributed by atoms with E-state index in [2.05, 4.69) is 4.98 Å². The van der Waals surface area contributed by atoms with Gasteiger partial charge < -0.3 is 14.6 Å². The lowest BCUT2D eigenvalue weighted by Crippen LogP contribution is -2.40. The van der Waals surface area contributed by atoms with Crippen LogP contribution in [0.2, 0.25) is 0 Å². The third-order valence-corrected chi connectivity index (χ3v) is 5.24. The summed E-state index contributed by atoms with van der Waals surface area (Å²) in [7, 11) is 0. The molecule has 1 atom stereocenters. The summed E-state index contributed by atoms with van der Waals surface area (Å²) < 4.78 is 19.4. The molecule has 0 radical (unpaired) electrons. The molecule has 1 N–H and O–H groups in total. The minimum absolute atomic E-state index is 0.0463. The molecule has 1 aromatic heterocycles. The number of carbonyl (C=O) groups is 1. The highest BCUT2D eigenvalue weighted by Crippen LogP contribution is 2.28. The molecule has 1 aliphatic heterocycles. The van der Waals surface area contributed by atoms with Crippen LogP contribution >= 0.6 is 0 Å². The number of aromatic nitrogens is 1. The lowest BCUT2D eigenvalue weighted by Gasteiger charge is -2.26. The highest BCUT2D eigenvalue weighted by molar-refractivity contribution is 5.98. The number of aromatic amines is 1. The van der Waals surface area contributed by atoms with Crippen LogP contribution in [0.4, 0.5) is 4.39 Å². The Hall–Kier alpha value is -3.26. The van der Waals surface area contributed by atoms with Crippen molar-refractivity contribution in [1.82, 2.24) is 9.88 Å². The first-order valence-electron chi connectivity index (χ1n) is 9.39. The average Bonchev–Trinajstić information content (AvgIpc) is 3.14. The number of rotatable bonds is 5. The average molecular weight is 397 g/mol. The van der Waals surface area contributed by atoms with Gasteiger partial charge in [0, 0.05) is 47.1 Å². The van der Waals surface area contributed by atoms with Gasteiger partial charge in [0.2, 0.25) is 6.04 Å². The Morgan fingerprint density at radius 2 is 2.00 bits per heavy atom. The van der Waals surface area contributed by atoms with Gasteiger partial charge in [-0.1, -0.05) is 18.2 Å². The molecule has 2 aromatic carbocycles. The Morgan fingerprint density at radius 3 is 2.72 bits per heavy atom. The zero-order chi connectivity index (χ0) is 20.4. The van der Waals surface area contributed by atoms with Crippen LogP contribution in [-0.2, 0) is 11.2 Å². The van der Waals surface area contributed by atoms with Crippen LogP contribution in [0.3, 0.4) is 0 Å². The molecule has 1 saturated heterocycles. The number of nitrogens with zero attached hydrogens (tertiary/aromatic N) is 2. The maximum absolute atomic E-state index is 14.1. The summed E-state index contributed by atoms with van der Waals surface area (Å²) in [6.45, 7) is 2.16. The topological polar surface area (TPSA) is 88.5 Å². The van der Waals surface area contributed by atoms with Gasteiger partial charge in [-0.05, 0) is 29.8 Å². The molecule has 150 valence electrons. The molecular formula is C21H20FN3O4. The van der Waals surface area contributed by atoms with E-state index in [1.807, 2.05) is 0 Å². The van der Waals surface area contributed by atoms with Crippen molar-refractivity contribution in [2.24, 2.45) is 0 Å². The van der Waals surface area contributed by atoms with Crippen molar-refractivity contribution in [3.63, 3.8) is 0 Å². The lowest BCUT2D eigenvalue weighted by molar-refractivity contribution is -0.529. The van der Waals surface area contributed by atoms with Crippen LogP contribution < -0.4 is 0 Å². The number of hydrogen-bond donors (Lipinski definition) is 1. The molecule has 1 fully saturated rings. The van der Waals surface area contributed by atoms with E-state index >= 15 is 0 Å². The predicted molar refractivity (Wildman–Crippen MR) is 105 cm³/mol. The van der Waals surface area contributed by atoms with Crippen molar-refractivity contribution in [2.75, 3.05) is 26.3 Å². The second-order valence-corrected chi connectivity index (χ2v) is 7.01. The summed E-state index contributed by atoms with van der Waals surface area (Å²) in [5.74, 6) is -0.659. The molecule has 2 heterocycles. The molecule has 7 nitrogen and oxygen atoms in total. The second kappa shape index (κ2) is 8.00. The van der Waals surface area contributed by atoms with Crippen molar-refractivity contribution in [3.05, 3.63) is 81.3 Å². The van der Waals surface area contributed by atoms with Crippen molar-refractivity contribution in [3.8, 4) is 0 Å². The van der Waals surface area contributed by atoms with Gasteiger partial charge in [0.1, 0.15) is 5.82 Å². The molecule has 8 heteroatoms. The molecule has 0 bridgehead atoms. The smallest absolute Gasteiger partial charge is 0.254 e. The second-order valence-electron chi connectivity index (χ2n) is 7.01. The van der Waals surface area contributed by atoms with E-state index in [1.165, 1.54) is 18.2 Å². The van der Waals surface area contributed by atoms with Crippen molar-refractivity contribution >= 4 is 16.8 Å². The number of morpholine rings is 1. The third-order valence-electron chi connectivity index (χ3n) is 5.24. The van der Waals surface area contributed by atoms with Gasteiger partial charge >= 0.3 is 0 Å². The summed E-state index contributed by atoms with van der Waals surface area (Å²) in [5, 5.41) is 12.4. The number of carbonyl (C=O) groups excluding carboxylic acids is 1. The quantitative estimate of drug-likeness (QED) is 0.528. The number of amides is 1.